The molecule has 1 saturated carbocycles. The Kier molecular flexibility index (Phi) is 3.23. The Balaban J connectivity index is 1.78. The van der Waals surface area contributed by atoms with E-state index in [1.165, 1.54) is 12.1 Å². The Morgan fingerprint density at radius 2 is 1.71 bits per heavy atom. The van der Waals surface area contributed by atoms with Crippen molar-refractivity contribution >= 4 is 17.7 Å². The fourth-order valence-corrected chi connectivity index (χ4v) is 2.89. The van der Waals surface area contributed by atoms with E-state index in [1.807, 2.05) is 0 Å². The summed E-state index contributed by atoms with van der Waals surface area (Å²) in [4.78, 5) is 37.0. The molecule has 6 heteroatoms. The largest absolute Gasteiger partial charge is 0.325 e. The lowest BCUT2D eigenvalue weighted by molar-refractivity contribution is -0.134. The van der Waals surface area contributed by atoms with Gasteiger partial charge in [0.2, 0.25) is 0 Å². The smallest absolute Gasteiger partial charge is 0.323 e. The predicted octanol–water partition coefficient (Wildman–Crippen LogP) is 1.76. The highest BCUT2D eigenvalue weighted by Gasteiger charge is 2.52. The van der Waals surface area contributed by atoms with E-state index in [2.05, 4.69) is 5.32 Å². The van der Waals surface area contributed by atoms with E-state index in [9.17, 15) is 18.8 Å². The molecule has 0 bridgehead atoms. The molecule has 1 aromatic rings. The van der Waals surface area contributed by atoms with Crippen LogP contribution >= 0.6 is 0 Å². The molecular formula is C15H15FN2O3. The van der Waals surface area contributed by atoms with Crippen molar-refractivity contribution in [1.82, 2.24) is 10.2 Å². The van der Waals surface area contributed by atoms with E-state index >= 15 is 0 Å². The number of amides is 3. The molecule has 1 aromatic carbocycles. The van der Waals surface area contributed by atoms with Crippen molar-refractivity contribution in [2.24, 2.45) is 0 Å². The first kappa shape index (κ1) is 13.7. The molecule has 0 radical (unpaired) electrons. The van der Waals surface area contributed by atoms with Gasteiger partial charge in [-0.25, -0.2) is 9.18 Å². The molecule has 1 aliphatic carbocycles. The number of urea groups is 1. The van der Waals surface area contributed by atoms with Gasteiger partial charge in [-0.15, -0.1) is 0 Å². The second kappa shape index (κ2) is 4.95. The SMILES string of the molecule is O=C1CCC2(CC1)NC(=O)N(Cc1ccc(F)cc1)C2=O. The molecule has 1 aliphatic heterocycles. The average Bonchev–Trinajstić information content (AvgIpc) is 2.69. The van der Waals surface area contributed by atoms with Crippen LogP contribution < -0.4 is 5.32 Å². The molecule has 5 nitrogen and oxygen atoms in total. The molecular weight excluding hydrogens is 275 g/mol. The summed E-state index contributed by atoms with van der Waals surface area (Å²) in [5.41, 5.74) is -0.241. The lowest BCUT2D eigenvalue weighted by Gasteiger charge is -2.29. The number of ketones is 1. The van der Waals surface area contributed by atoms with E-state index in [1.54, 1.807) is 12.1 Å². The van der Waals surface area contributed by atoms with Gasteiger partial charge in [-0.05, 0) is 30.5 Å². The maximum Gasteiger partial charge on any atom is 0.325 e. The molecule has 0 atom stereocenters. The van der Waals surface area contributed by atoms with Gasteiger partial charge in [0.15, 0.2) is 0 Å². The van der Waals surface area contributed by atoms with E-state index in [-0.39, 0.29) is 24.1 Å². The third-order valence-corrected chi connectivity index (χ3v) is 4.16. The number of nitrogens with zero attached hydrogens (tertiary/aromatic N) is 1. The molecule has 1 heterocycles. The lowest BCUT2D eigenvalue weighted by atomic mass is 9.81. The Hall–Kier alpha value is -2.24. The normalized spacial score (nSPS) is 21.0. The van der Waals surface area contributed by atoms with Crippen LogP contribution in [0.5, 0.6) is 0 Å². The van der Waals surface area contributed by atoms with Gasteiger partial charge >= 0.3 is 6.03 Å². The van der Waals surface area contributed by atoms with Crippen molar-refractivity contribution in [1.29, 1.82) is 0 Å². The Labute approximate surface area is 121 Å². The van der Waals surface area contributed by atoms with Gasteiger partial charge in [0, 0.05) is 12.8 Å². The number of halogens is 1. The zero-order chi connectivity index (χ0) is 15.0. The number of rotatable bonds is 2. The zero-order valence-electron chi connectivity index (χ0n) is 11.4. The van der Waals surface area contributed by atoms with E-state index in [0.717, 1.165) is 4.90 Å². The highest BCUT2D eigenvalue weighted by atomic mass is 19.1. The maximum absolute atomic E-state index is 12.9. The summed E-state index contributed by atoms with van der Waals surface area (Å²) >= 11 is 0. The molecule has 1 N–H and O–H groups in total. The minimum atomic E-state index is -0.926. The van der Waals surface area contributed by atoms with Crippen LogP contribution in [0.4, 0.5) is 9.18 Å². The topological polar surface area (TPSA) is 66.5 Å². The number of hydrogen-bond donors (Lipinski definition) is 1. The first-order valence-electron chi connectivity index (χ1n) is 6.90. The van der Waals surface area contributed by atoms with Crippen molar-refractivity contribution in [3.05, 3.63) is 35.6 Å². The van der Waals surface area contributed by atoms with Gasteiger partial charge < -0.3 is 5.32 Å². The first-order chi connectivity index (χ1) is 10.00. The van der Waals surface area contributed by atoms with Gasteiger partial charge in [-0.1, -0.05) is 12.1 Å². The Morgan fingerprint density at radius 1 is 1.10 bits per heavy atom. The van der Waals surface area contributed by atoms with Crippen LogP contribution in [-0.4, -0.2) is 28.2 Å². The summed E-state index contributed by atoms with van der Waals surface area (Å²) in [6.45, 7) is 0.112. The van der Waals surface area contributed by atoms with Gasteiger partial charge in [0.25, 0.3) is 5.91 Å². The molecule has 0 unspecified atom stereocenters. The number of carbonyl (C=O) groups excluding carboxylic acids is 3. The molecule has 2 aliphatic rings. The van der Waals surface area contributed by atoms with Crippen molar-refractivity contribution < 1.29 is 18.8 Å². The molecule has 1 saturated heterocycles. The third kappa shape index (κ3) is 2.41. The van der Waals surface area contributed by atoms with Crippen LogP contribution in [0.3, 0.4) is 0 Å². The third-order valence-electron chi connectivity index (χ3n) is 4.16. The fourth-order valence-electron chi connectivity index (χ4n) is 2.89. The second-order valence-electron chi connectivity index (χ2n) is 5.57. The minimum absolute atomic E-state index is 0.112. The summed E-state index contributed by atoms with van der Waals surface area (Å²) in [5, 5.41) is 2.73. The fraction of sp³-hybridized carbons (Fsp3) is 0.400. The minimum Gasteiger partial charge on any atom is -0.323 e. The maximum atomic E-state index is 12.9. The van der Waals surface area contributed by atoms with Crippen molar-refractivity contribution in [3.63, 3.8) is 0 Å². The van der Waals surface area contributed by atoms with Gasteiger partial charge in [-0.3, -0.25) is 14.5 Å². The molecule has 110 valence electrons. The Bertz CT molecular complexity index is 602. The van der Waals surface area contributed by atoms with Gasteiger partial charge in [0.1, 0.15) is 17.1 Å². The molecule has 0 aromatic heterocycles. The second-order valence-corrected chi connectivity index (χ2v) is 5.57. The molecule has 3 amide bonds. The first-order valence-corrected chi connectivity index (χ1v) is 6.90. The number of hydrogen-bond acceptors (Lipinski definition) is 3. The van der Waals surface area contributed by atoms with E-state index in [0.29, 0.717) is 31.2 Å². The number of carbonyl (C=O) groups is 3. The molecule has 2 fully saturated rings. The van der Waals surface area contributed by atoms with Crippen molar-refractivity contribution in [2.45, 2.75) is 37.8 Å². The van der Waals surface area contributed by atoms with Crippen LogP contribution in [0, 0.1) is 5.82 Å². The summed E-state index contributed by atoms with van der Waals surface area (Å²) in [6, 6.07) is 5.24. The average molecular weight is 290 g/mol. The number of imide groups is 1. The highest BCUT2D eigenvalue weighted by molar-refractivity contribution is 6.07. The standard InChI is InChI=1S/C15H15FN2O3/c16-11-3-1-10(2-4-11)9-18-13(20)15(17-14(18)21)7-5-12(19)6-8-15/h1-4H,5-9H2,(H,17,21). The molecule has 3 rings (SSSR count). The van der Waals surface area contributed by atoms with E-state index < -0.39 is 11.6 Å². The molecule has 21 heavy (non-hydrogen) atoms. The summed E-state index contributed by atoms with van der Waals surface area (Å²) in [5.74, 6) is -0.526. The lowest BCUT2D eigenvalue weighted by Crippen LogP contribution is -2.49. The number of benzene rings is 1. The van der Waals surface area contributed by atoms with Gasteiger partial charge in [-0.2, -0.15) is 0 Å². The van der Waals surface area contributed by atoms with Crippen molar-refractivity contribution in [2.75, 3.05) is 0 Å². The van der Waals surface area contributed by atoms with E-state index in [4.69, 9.17) is 0 Å². The van der Waals surface area contributed by atoms with Crippen LogP contribution in [-0.2, 0) is 16.1 Å². The van der Waals surface area contributed by atoms with Crippen LogP contribution in [0.15, 0.2) is 24.3 Å². The Morgan fingerprint density at radius 3 is 2.33 bits per heavy atom. The van der Waals surface area contributed by atoms with Crippen LogP contribution in [0.1, 0.15) is 31.2 Å². The number of nitrogens with one attached hydrogen (secondary N) is 1. The number of Topliss-reactive ketones (excluding diaryl/α,β-unsaturated/α-hetero) is 1. The van der Waals surface area contributed by atoms with Crippen molar-refractivity contribution in [3.8, 4) is 0 Å². The van der Waals surface area contributed by atoms with Gasteiger partial charge in [0.05, 0.1) is 6.54 Å². The quantitative estimate of drug-likeness (QED) is 0.844. The summed E-state index contributed by atoms with van der Waals surface area (Å²) in [7, 11) is 0. The predicted molar refractivity (Wildman–Crippen MR) is 71.7 cm³/mol. The monoisotopic (exact) mass is 290 g/mol. The highest BCUT2D eigenvalue weighted by Crippen LogP contribution is 2.33. The summed E-state index contributed by atoms with van der Waals surface area (Å²) < 4.78 is 12.9. The van der Waals surface area contributed by atoms with Crippen LogP contribution in [0.2, 0.25) is 0 Å². The zero-order valence-corrected chi connectivity index (χ0v) is 11.4. The summed E-state index contributed by atoms with van der Waals surface area (Å²) in [6.07, 6.45) is 1.35. The van der Waals surface area contributed by atoms with Crippen LogP contribution in [0.25, 0.3) is 0 Å². The molecule has 1 spiro atoms.